The van der Waals surface area contributed by atoms with Crippen LogP contribution < -0.4 is 9.64 Å². The molecule has 2 aliphatic rings. The van der Waals surface area contributed by atoms with E-state index in [1.807, 2.05) is 0 Å². The maximum Gasteiger partial charge on any atom is 0.337 e. The minimum atomic E-state index is -1.31. The molecular formula is C30H24Cl2F2N4O5. The number of benzene rings is 3. The van der Waals surface area contributed by atoms with Gasteiger partial charge in [-0.3, -0.25) is 9.48 Å². The Kier molecular flexibility index (Phi) is 7.72. The third-order valence-corrected chi connectivity index (χ3v) is 8.03. The lowest BCUT2D eigenvalue weighted by molar-refractivity contribution is 0.0515. The summed E-state index contributed by atoms with van der Waals surface area (Å²) in [7, 11) is 1.78. The molecule has 9 nitrogen and oxygen atoms in total. The number of halogens is 4. The molecule has 1 saturated heterocycles. The fourth-order valence-corrected chi connectivity index (χ4v) is 5.98. The number of hydrogen-bond acceptors (Lipinski definition) is 6. The molecule has 6 rings (SSSR count). The van der Waals surface area contributed by atoms with Crippen molar-refractivity contribution in [2.75, 3.05) is 37.9 Å². The molecule has 3 aromatic carbocycles. The van der Waals surface area contributed by atoms with Crippen molar-refractivity contribution in [3.8, 4) is 28.0 Å². The molecule has 2 aliphatic heterocycles. The average molecular weight is 629 g/mol. The highest BCUT2D eigenvalue weighted by atomic mass is 35.5. The number of carbonyl (C=O) groups excluding carboxylic acids is 1. The van der Waals surface area contributed by atoms with E-state index in [0.29, 0.717) is 37.4 Å². The van der Waals surface area contributed by atoms with E-state index in [4.69, 9.17) is 32.7 Å². The number of fused-ring (bicyclic) bond motifs is 1. The third kappa shape index (κ3) is 5.39. The number of aromatic nitrogens is 2. The van der Waals surface area contributed by atoms with E-state index in [1.54, 1.807) is 41.2 Å². The second kappa shape index (κ2) is 11.5. The molecule has 1 N–H and O–H groups in total. The Morgan fingerprint density at radius 3 is 2.37 bits per heavy atom. The van der Waals surface area contributed by atoms with Gasteiger partial charge in [0.25, 0.3) is 5.91 Å². The van der Waals surface area contributed by atoms with Gasteiger partial charge in [-0.15, -0.1) is 0 Å². The van der Waals surface area contributed by atoms with Crippen LogP contribution >= 0.6 is 23.2 Å². The van der Waals surface area contributed by atoms with Gasteiger partial charge < -0.3 is 24.4 Å². The van der Waals surface area contributed by atoms with Crippen molar-refractivity contribution in [3.05, 3.63) is 87.2 Å². The lowest BCUT2D eigenvalue weighted by Crippen LogP contribution is -2.38. The van der Waals surface area contributed by atoms with Gasteiger partial charge in [0.15, 0.2) is 6.73 Å². The zero-order chi connectivity index (χ0) is 30.4. The monoisotopic (exact) mass is 628 g/mol. The van der Waals surface area contributed by atoms with Crippen molar-refractivity contribution < 1.29 is 33.0 Å². The number of carboxylic acid groups (broad SMARTS) is 1. The molecule has 1 fully saturated rings. The second-order valence-corrected chi connectivity index (χ2v) is 11.0. The number of hydrogen-bond donors (Lipinski definition) is 1. The number of anilines is 1. The van der Waals surface area contributed by atoms with Crippen LogP contribution in [0, 0.1) is 11.6 Å². The molecule has 0 unspecified atom stereocenters. The molecule has 0 radical (unpaired) electrons. The van der Waals surface area contributed by atoms with Crippen molar-refractivity contribution in [1.82, 2.24) is 14.7 Å². The topological polar surface area (TPSA) is 97.1 Å². The number of aryl methyl sites for hydroxylation is 1. The Balaban J connectivity index is 1.34. The van der Waals surface area contributed by atoms with E-state index in [0.717, 1.165) is 17.7 Å². The normalized spacial score (nSPS) is 14.8. The first-order valence-corrected chi connectivity index (χ1v) is 14.0. The first kappa shape index (κ1) is 28.9. The molecule has 13 heteroatoms. The smallest absolute Gasteiger partial charge is 0.337 e. The lowest BCUT2D eigenvalue weighted by atomic mass is 9.96. The fraction of sp³-hybridized carbons (Fsp3) is 0.233. The minimum absolute atomic E-state index is 0.00358. The van der Waals surface area contributed by atoms with Gasteiger partial charge in [-0.2, -0.15) is 5.10 Å². The summed E-state index contributed by atoms with van der Waals surface area (Å²) in [5, 5.41) is 14.1. The van der Waals surface area contributed by atoms with Crippen LogP contribution in [0.2, 0.25) is 10.0 Å². The van der Waals surface area contributed by atoms with Crippen LogP contribution in [0.1, 0.15) is 26.3 Å². The zero-order valence-corrected chi connectivity index (χ0v) is 24.3. The van der Waals surface area contributed by atoms with Crippen molar-refractivity contribution in [1.29, 1.82) is 0 Å². The highest BCUT2D eigenvalue weighted by Crippen LogP contribution is 2.42. The number of amides is 1. The van der Waals surface area contributed by atoms with Crippen LogP contribution in [0.5, 0.6) is 5.75 Å². The van der Waals surface area contributed by atoms with Gasteiger partial charge in [-0.05, 0) is 35.9 Å². The molecule has 0 bridgehead atoms. The number of ether oxygens (including phenoxy) is 2. The molecule has 0 aliphatic carbocycles. The summed E-state index contributed by atoms with van der Waals surface area (Å²) in [6.45, 7) is 1.24. The average Bonchev–Trinajstić information content (AvgIpc) is 3.43. The quantitative estimate of drug-likeness (QED) is 0.295. The number of rotatable bonds is 5. The molecule has 0 spiro atoms. The summed E-state index contributed by atoms with van der Waals surface area (Å²) >= 11 is 13.0. The molecule has 3 heterocycles. The second-order valence-electron chi connectivity index (χ2n) is 10.2. The molecule has 43 heavy (non-hydrogen) atoms. The standard InChI is InChI=1S/C30H24Cl2F2N4O5/c1-36-13-18(12-35-36)17-8-21(31)27(22(32)9-17)29(39)38-14-16-2-3-23(33)26(28(16)43-15-38)19-11-25(37-4-6-42-7-5-37)20(30(40)41)10-24(19)34/h2-3,8-13H,4-7,14-15H2,1H3,(H,40,41). The van der Waals surface area contributed by atoms with Crippen molar-refractivity contribution in [3.63, 3.8) is 0 Å². The molecule has 4 aromatic rings. The third-order valence-electron chi connectivity index (χ3n) is 7.43. The van der Waals surface area contributed by atoms with Crippen LogP contribution in [0.15, 0.2) is 48.8 Å². The van der Waals surface area contributed by atoms with Crippen LogP contribution in [0.4, 0.5) is 14.5 Å². The number of carboxylic acids is 1. The molecule has 222 valence electrons. The molecule has 1 amide bonds. The molecule has 0 saturated carbocycles. The predicted octanol–water partition coefficient (Wildman–Crippen LogP) is 5.87. The maximum absolute atomic E-state index is 15.4. The largest absolute Gasteiger partial charge is 0.478 e. The van der Waals surface area contributed by atoms with Gasteiger partial charge in [0.2, 0.25) is 0 Å². The van der Waals surface area contributed by atoms with Crippen LogP contribution in [-0.4, -0.2) is 64.7 Å². The first-order chi connectivity index (χ1) is 20.6. The summed E-state index contributed by atoms with van der Waals surface area (Å²) in [6, 6.07) is 8.08. The molecule has 0 atom stereocenters. The highest BCUT2D eigenvalue weighted by Gasteiger charge is 2.31. The summed E-state index contributed by atoms with van der Waals surface area (Å²) in [5.41, 5.74) is 1.65. The van der Waals surface area contributed by atoms with Gasteiger partial charge in [0.1, 0.15) is 17.4 Å². The number of nitrogens with zero attached hydrogens (tertiary/aromatic N) is 4. The van der Waals surface area contributed by atoms with Crippen molar-refractivity contribution in [2.24, 2.45) is 7.05 Å². The number of carbonyl (C=O) groups is 2. The highest BCUT2D eigenvalue weighted by molar-refractivity contribution is 6.40. The Bertz CT molecular complexity index is 1750. The lowest BCUT2D eigenvalue weighted by Gasteiger charge is -2.32. The SMILES string of the molecule is Cn1cc(-c2cc(Cl)c(C(=O)N3COc4c(ccc(F)c4-c4cc(N5CCOCC5)c(C(=O)O)cc4F)C3)c(Cl)c2)cn1. The number of morpholine rings is 1. The number of aromatic carboxylic acids is 1. The summed E-state index contributed by atoms with van der Waals surface area (Å²) in [6.07, 6.45) is 3.44. The van der Waals surface area contributed by atoms with E-state index >= 15 is 8.78 Å². The molecule has 1 aromatic heterocycles. The van der Waals surface area contributed by atoms with Crippen molar-refractivity contribution >= 4 is 40.8 Å². The first-order valence-electron chi connectivity index (χ1n) is 13.2. The zero-order valence-electron chi connectivity index (χ0n) is 22.7. The molecular weight excluding hydrogens is 605 g/mol. The maximum atomic E-state index is 15.4. The van der Waals surface area contributed by atoms with E-state index in [1.165, 1.54) is 17.0 Å². The minimum Gasteiger partial charge on any atom is -0.478 e. The van der Waals surface area contributed by atoms with E-state index in [2.05, 4.69) is 5.10 Å². The summed E-state index contributed by atoms with van der Waals surface area (Å²) in [4.78, 5) is 28.6. The summed E-state index contributed by atoms with van der Waals surface area (Å²) in [5.74, 6) is -3.43. The summed E-state index contributed by atoms with van der Waals surface area (Å²) < 4.78 is 43.7. The van der Waals surface area contributed by atoms with E-state index < -0.39 is 23.5 Å². The Morgan fingerprint density at radius 2 is 1.72 bits per heavy atom. The van der Waals surface area contributed by atoms with Crippen molar-refractivity contribution in [2.45, 2.75) is 6.54 Å². The van der Waals surface area contributed by atoms with Gasteiger partial charge in [-0.25, -0.2) is 13.6 Å². The van der Waals surface area contributed by atoms with Crippen LogP contribution in [0.3, 0.4) is 0 Å². The van der Waals surface area contributed by atoms with Crippen LogP contribution in [-0.2, 0) is 18.3 Å². The van der Waals surface area contributed by atoms with Gasteiger partial charge >= 0.3 is 5.97 Å². The van der Waals surface area contributed by atoms with Gasteiger partial charge in [0, 0.05) is 43.0 Å². The van der Waals surface area contributed by atoms with Gasteiger partial charge in [0.05, 0.1) is 58.4 Å². The Labute approximate surface area is 254 Å². The van der Waals surface area contributed by atoms with E-state index in [9.17, 15) is 14.7 Å². The Morgan fingerprint density at radius 1 is 1.00 bits per heavy atom. The Hall–Kier alpha value is -4.19. The van der Waals surface area contributed by atoms with Gasteiger partial charge in [-0.1, -0.05) is 29.3 Å². The predicted molar refractivity (Wildman–Crippen MR) is 156 cm³/mol. The van der Waals surface area contributed by atoms with Crippen LogP contribution in [0.25, 0.3) is 22.3 Å². The fourth-order valence-electron chi connectivity index (χ4n) is 5.33. The van der Waals surface area contributed by atoms with E-state index in [-0.39, 0.29) is 57.0 Å².